The van der Waals surface area contributed by atoms with Crippen molar-refractivity contribution in [3.8, 4) is 0 Å². The second-order valence-electron chi connectivity index (χ2n) is 2.94. The van der Waals surface area contributed by atoms with Crippen molar-refractivity contribution in [2.24, 2.45) is 0 Å². The van der Waals surface area contributed by atoms with Crippen LogP contribution < -0.4 is 6.15 Å². The molecule has 0 bridgehead atoms. The maximum absolute atomic E-state index is 11.1. The van der Waals surface area contributed by atoms with E-state index in [-0.39, 0.29) is 12.1 Å². The number of ether oxygens (including phenoxy) is 1. The first kappa shape index (κ1) is 12.7. The van der Waals surface area contributed by atoms with Gasteiger partial charge in [-0.25, -0.2) is 4.79 Å². The minimum absolute atomic E-state index is 0. The minimum Gasteiger partial charge on any atom is -0.465 e. The van der Waals surface area contributed by atoms with E-state index in [2.05, 4.69) is 11.7 Å². The van der Waals surface area contributed by atoms with Crippen LogP contribution in [0.25, 0.3) is 0 Å². The molecule has 0 amide bonds. The van der Waals surface area contributed by atoms with Gasteiger partial charge in [-0.3, -0.25) is 0 Å². The summed E-state index contributed by atoms with van der Waals surface area (Å²) in [6, 6.07) is 7.54. The first-order valence-electron chi connectivity index (χ1n) is 4.45. The summed E-state index contributed by atoms with van der Waals surface area (Å²) in [5.74, 6) is -0.275. The fourth-order valence-corrected chi connectivity index (χ4v) is 1.21. The Morgan fingerprint density at radius 1 is 1.29 bits per heavy atom. The van der Waals surface area contributed by atoms with Gasteiger partial charge < -0.3 is 10.9 Å². The number of esters is 1. The summed E-state index contributed by atoms with van der Waals surface area (Å²) in [5, 5.41) is 0. The van der Waals surface area contributed by atoms with Crippen LogP contribution in [0.5, 0.6) is 0 Å². The van der Waals surface area contributed by atoms with Gasteiger partial charge in [0.05, 0.1) is 12.7 Å². The highest BCUT2D eigenvalue weighted by atomic mass is 16.5. The molecule has 0 saturated carbocycles. The number of carbonyl (C=O) groups excluding carboxylic acids is 1. The highest BCUT2D eigenvalue weighted by Crippen LogP contribution is 2.07. The predicted octanol–water partition coefficient (Wildman–Crippen LogP) is 2.59. The smallest absolute Gasteiger partial charge is 0.337 e. The SMILES string of the molecule is CCCc1ccc(C(=O)OC)cc1.N. The van der Waals surface area contributed by atoms with Crippen LogP contribution in [0, 0.1) is 0 Å². The van der Waals surface area contributed by atoms with Crippen LogP contribution >= 0.6 is 0 Å². The van der Waals surface area contributed by atoms with Crippen LogP contribution in [0.3, 0.4) is 0 Å². The molecule has 0 saturated heterocycles. The maximum atomic E-state index is 11.1. The number of aryl methyl sites for hydroxylation is 1. The third-order valence-corrected chi connectivity index (χ3v) is 1.91. The van der Waals surface area contributed by atoms with Gasteiger partial charge in [-0.1, -0.05) is 25.5 Å². The highest BCUT2D eigenvalue weighted by Gasteiger charge is 2.03. The first-order valence-corrected chi connectivity index (χ1v) is 4.45. The molecule has 1 aromatic carbocycles. The zero-order valence-corrected chi connectivity index (χ0v) is 8.75. The molecule has 3 N–H and O–H groups in total. The summed E-state index contributed by atoms with van der Waals surface area (Å²) in [7, 11) is 1.39. The molecule has 0 aliphatic carbocycles. The van der Waals surface area contributed by atoms with Crippen molar-refractivity contribution in [2.75, 3.05) is 7.11 Å². The molecule has 0 aliphatic heterocycles. The van der Waals surface area contributed by atoms with E-state index in [0.717, 1.165) is 12.8 Å². The molecule has 3 nitrogen and oxygen atoms in total. The zero-order chi connectivity index (χ0) is 9.68. The molecule has 0 spiro atoms. The van der Waals surface area contributed by atoms with Gasteiger partial charge in [0.2, 0.25) is 0 Å². The molecule has 1 aromatic rings. The van der Waals surface area contributed by atoms with Gasteiger partial charge in [-0.05, 0) is 24.1 Å². The quantitative estimate of drug-likeness (QED) is 0.754. The van der Waals surface area contributed by atoms with Crippen molar-refractivity contribution in [1.29, 1.82) is 0 Å². The van der Waals surface area contributed by atoms with Gasteiger partial charge in [-0.2, -0.15) is 0 Å². The predicted molar refractivity (Wildman–Crippen MR) is 56.8 cm³/mol. The first-order chi connectivity index (χ1) is 6.27. The minimum atomic E-state index is -0.275. The van der Waals surface area contributed by atoms with E-state index in [0.29, 0.717) is 5.56 Å². The Bertz CT molecular complexity index is 280. The van der Waals surface area contributed by atoms with Crippen LogP contribution in [-0.4, -0.2) is 13.1 Å². The van der Waals surface area contributed by atoms with Crippen molar-refractivity contribution in [3.63, 3.8) is 0 Å². The Hall–Kier alpha value is -1.35. The molecule has 0 unspecified atom stereocenters. The Morgan fingerprint density at radius 3 is 2.29 bits per heavy atom. The summed E-state index contributed by atoms with van der Waals surface area (Å²) in [4.78, 5) is 11.1. The number of carbonyl (C=O) groups is 1. The molecule has 0 radical (unpaired) electrons. The molecule has 0 atom stereocenters. The zero-order valence-electron chi connectivity index (χ0n) is 8.75. The van der Waals surface area contributed by atoms with Gasteiger partial charge in [0, 0.05) is 0 Å². The second kappa shape index (κ2) is 6.16. The number of hydrogen-bond acceptors (Lipinski definition) is 3. The molecule has 0 fully saturated rings. The highest BCUT2D eigenvalue weighted by molar-refractivity contribution is 5.89. The van der Waals surface area contributed by atoms with Gasteiger partial charge >= 0.3 is 5.97 Å². The van der Waals surface area contributed by atoms with Crippen LogP contribution in [-0.2, 0) is 11.2 Å². The third kappa shape index (κ3) is 3.18. The third-order valence-electron chi connectivity index (χ3n) is 1.91. The van der Waals surface area contributed by atoms with Gasteiger partial charge in [-0.15, -0.1) is 0 Å². The lowest BCUT2D eigenvalue weighted by Gasteiger charge is -2.00. The lowest BCUT2D eigenvalue weighted by atomic mass is 10.1. The molecular formula is C11H17NO2. The molecule has 78 valence electrons. The van der Waals surface area contributed by atoms with Gasteiger partial charge in [0.25, 0.3) is 0 Å². The standard InChI is InChI=1S/C11H14O2.H3N/c1-3-4-9-5-7-10(8-6-9)11(12)13-2;/h5-8H,3-4H2,1-2H3;1H3. The molecular weight excluding hydrogens is 178 g/mol. The fraction of sp³-hybridized carbons (Fsp3) is 0.364. The molecule has 0 aromatic heterocycles. The molecule has 3 heteroatoms. The summed E-state index contributed by atoms with van der Waals surface area (Å²) in [6.07, 6.45) is 2.18. The van der Waals surface area contributed by atoms with Gasteiger partial charge in [0.15, 0.2) is 0 Å². The average Bonchev–Trinajstić information content (AvgIpc) is 2.18. The second-order valence-corrected chi connectivity index (χ2v) is 2.94. The lowest BCUT2D eigenvalue weighted by molar-refractivity contribution is 0.0600. The van der Waals surface area contributed by atoms with Crippen molar-refractivity contribution in [2.45, 2.75) is 19.8 Å². The summed E-state index contributed by atoms with van der Waals surface area (Å²) >= 11 is 0. The van der Waals surface area contributed by atoms with Crippen molar-refractivity contribution < 1.29 is 9.53 Å². The van der Waals surface area contributed by atoms with Crippen LogP contribution in [0.1, 0.15) is 29.3 Å². The van der Waals surface area contributed by atoms with E-state index in [1.165, 1.54) is 12.7 Å². The summed E-state index contributed by atoms with van der Waals surface area (Å²) in [6.45, 7) is 2.13. The number of hydrogen-bond donors (Lipinski definition) is 1. The van der Waals surface area contributed by atoms with Crippen LogP contribution in [0.15, 0.2) is 24.3 Å². The lowest BCUT2D eigenvalue weighted by Crippen LogP contribution is -2.00. The normalized spacial score (nSPS) is 9.00. The van der Waals surface area contributed by atoms with Crippen molar-refractivity contribution in [1.82, 2.24) is 6.15 Å². The van der Waals surface area contributed by atoms with E-state index in [1.807, 2.05) is 12.1 Å². The van der Waals surface area contributed by atoms with E-state index >= 15 is 0 Å². The maximum Gasteiger partial charge on any atom is 0.337 e. The monoisotopic (exact) mass is 195 g/mol. The largest absolute Gasteiger partial charge is 0.465 e. The molecule has 0 heterocycles. The Morgan fingerprint density at radius 2 is 1.86 bits per heavy atom. The van der Waals surface area contributed by atoms with E-state index in [1.54, 1.807) is 12.1 Å². The van der Waals surface area contributed by atoms with E-state index in [4.69, 9.17) is 0 Å². The topological polar surface area (TPSA) is 61.3 Å². The number of rotatable bonds is 3. The van der Waals surface area contributed by atoms with Crippen LogP contribution in [0.4, 0.5) is 0 Å². The Balaban J connectivity index is 0.00000169. The Kier molecular flexibility index (Phi) is 5.56. The van der Waals surface area contributed by atoms with E-state index in [9.17, 15) is 4.79 Å². The molecule has 0 aliphatic rings. The number of methoxy groups -OCH3 is 1. The molecule has 1 rings (SSSR count). The van der Waals surface area contributed by atoms with E-state index < -0.39 is 0 Å². The summed E-state index contributed by atoms with van der Waals surface area (Å²) < 4.78 is 4.60. The fourth-order valence-electron chi connectivity index (χ4n) is 1.21. The van der Waals surface area contributed by atoms with Crippen molar-refractivity contribution >= 4 is 5.97 Å². The molecule has 14 heavy (non-hydrogen) atoms. The van der Waals surface area contributed by atoms with Crippen molar-refractivity contribution in [3.05, 3.63) is 35.4 Å². The summed E-state index contributed by atoms with van der Waals surface area (Å²) in [5.41, 5.74) is 1.87. The average molecular weight is 195 g/mol. The number of benzene rings is 1. The van der Waals surface area contributed by atoms with Gasteiger partial charge in [0.1, 0.15) is 0 Å². The Labute approximate surface area is 84.7 Å². The van der Waals surface area contributed by atoms with Crippen LogP contribution in [0.2, 0.25) is 0 Å².